The topological polar surface area (TPSA) is 104 Å². The fourth-order valence-corrected chi connectivity index (χ4v) is 7.71. The quantitative estimate of drug-likeness (QED) is 0.0328. The van der Waals surface area contributed by atoms with Gasteiger partial charge in [-0.15, -0.1) is 0 Å². The minimum atomic E-state index is -4.35. The maximum absolute atomic E-state index is 12.5. The third-order valence-corrected chi connectivity index (χ3v) is 11.2. The summed E-state index contributed by atoms with van der Waals surface area (Å²) < 4.78 is 32.5. The number of carbonyl (C=O) groups is 1. The second kappa shape index (κ2) is 39.5. The zero-order valence-electron chi connectivity index (χ0n) is 34.4. The lowest BCUT2D eigenvalue weighted by atomic mass is 10.0. The lowest BCUT2D eigenvalue weighted by molar-refractivity contribution is -0.122. The van der Waals surface area contributed by atoms with Crippen LogP contribution in [0.3, 0.4) is 0 Å². The van der Waals surface area contributed by atoms with Crippen LogP contribution < -0.4 is 5.32 Å². The van der Waals surface area contributed by atoms with Gasteiger partial charge < -0.3 is 10.4 Å². The summed E-state index contributed by atoms with van der Waals surface area (Å²) in [5.41, 5.74) is 0. The molecule has 0 rings (SSSR count). The van der Waals surface area contributed by atoms with Crippen molar-refractivity contribution in [2.24, 2.45) is 0 Å². The molecule has 0 fully saturated rings. The predicted molar refractivity (Wildman–Crippen MR) is 226 cm³/mol. The maximum Gasteiger partial charge on any atom is 0.267 e. The van der Waals surface area contributed by atoms with Crippen molar-refractivity contribution in [3.63, 3.8) is 0 Å². The molecule has 0 aliphatic rings. The molecule has 0 spiro atoms. The van der Waals surface area contributed by atoms with Crippen molar-refractivity contribution in [1.29, 1.82) is 0 Å². The highest BCUT2D eigenvalue weighted by atomic mass is 32.2. The van der Waals surface area contributed by atoms with Crippen LogP contribution in [0.1, 0.15) is 239 Å². The van der Waals surface area contributed by atoms with Gasteiger partial charge >= 0.3 is 0 Å². The largest absolute Gasteiger partial charge is 0.387 e. The van der Waals surface area contributed by atoms with Crippen molar-refractivity contribution in [3.05, 3.63) is 24.3 Å². The van der Waals surface area contributed by atoms with Gasteiger partial charge in [0.15, 0.2) is 0 Å². The number of hydrogen-bond acceptors (Lipinski definition) is 4. The molecule has 52 heavy (non-hydrogen) atoms. The Morgan fingerprint density at radius 3 is 1.15 bits per heavy atom. The number of aliphatic hydroxyl groups is 1. The summed E-state index contributed by atoms with van der Waals surface area (Å²) in [6.07, 6.45) is 50.3. The van der Waals surface area contributed by atoms with E-state index in [1.54, 1.807) is 6.08 Å². The Hall–Kier alpha value is -1.18. The highest BCUT2D eigenvalue weighted by molar-refractivity contribution is 7.85. The number of carbonyl (C=O) groups excluding carboxylic acids is 1. The van der Waals surface area contributed by atoms with Crippen molar-refractivity contribution < 1.29 is 22.9 Å². The third-order valence-electron chi connectivity index (χ3n) is 10.4. The van der Waals surface area contributed by atoms with E-state index >= 15 is 0 Å². The maximum atomic E-state index is 12.5. The van der Waals surface area contributed by atoms with E-state index in [0.717, 1.165) is 57.8 Å². The molecule has 0 aliphatic carbocycles. The third kappa shape index (κ3) is 40.0. The predicted octanol–water partition coefficient (Wildman–Crippen LogP) is 13.5. The Kier molecular flexibility index (Phi) is 38.6. The Labute approximate surface area is 324 Å². The van der Waals surface area contributed by atoms with Crippen LogP contribution in [0.15, 0.2) is 24.3 Å². The van der Waals surface area contributed by atoms with E-state index in [-0.39, 0.29) is 12.3 Å². The molecule has 2 atom stereocenters. The van der Waals surface area contributed by atoms with Crippen molar-refractivity contribution >= 4 is 16.0 Å². The summed E-state index contributed by atoms with van der Waals surface area (Å²) in [6.45, 7) is 4.54. The SMILES string of the molecule is CCCCCCCCC/C=C\CCCCCCCC(=O)NC(CS(=O)(=O)O)C(O)/C=C/CCCCCCCCCCCCCCCCCCCCC. The lowest BCUT2D eigenvalue weighted by Gasteiger charge is -2.21. The van der Waals surface area contributed by atoms with E-state index in [2.05, 4.69) is 31.3 Å². The average molecular weight is 754 g/mol. The van der Waals surface area contributed by atoms with Crippen molar-refractivity contribution in [1.82, 2.24) is 5.32 Å². The van der Waals surface area contributed by atoms with Crippen LogP contribution in [0, 0.1) is 0 Å². The molecule has 0 radical (unpaired) electrons. The molecule has 1 amide bonds. The van der Waals surface area contributed by atoms with Gasteiger partial charge in [0.25, 0.3) is 10.1 Å². The number of aliphatic hydroxyl groups excluding tert-OH is 1. The van der Waals surface area contributed by atoms with Gasteiger partial charge in [-0.05, 0) is 44.9 Å². The molecule has 0 heterocycles. The van der Waals surface area contributed by atoms with Crippen LogP contribution in [-0.4, -0.2) is 41.9 Å². The molecule has 2 unspecified atom stereocenters. The molecule has 0 bridgehead atoms. The first kappa shape index (κ1) is 50.8. The minimum Gasteiger partial charge on any atom is -0.387 e. The Morgan fingerprint density at radius 2 is 0.808 bits per heavy atom. The number of nitrogens with one attached hydrogen (secondary N) is 1. The Morgan fingerprint density at radius 1 is 0.500 bits per heavy atom. The molecule has 0 saturated carbocycles. The standard InChI is InChI=1S/C45H87NO5S/c1-3-5-7-9-11-13-15-17-19-21-22-23-24-25-26-28-30-32-34-36-38-40-44(47)43(42-52(49,50)51)46-45(48)41-39-37-35-33-31-29-27-20-18-16-14-12-10-8-6-4-2/h20,27,38,40,43-44,47H,3-19,21-26,28-37,39,41-42H2,1-2H3,(H,46,48)(H,49,50,51)/b27-20-,40-38+. The second-order valence-electron chi connectivity index (χ2n) is 15.7. The zero-order chi connectivity index (χ0) is 38.2. The van der Waals surface area contributed by atoms with E-state index in [4.69, 9.17) is 0 Å². The molecule has 0 aromatic carbocycles. The molecule has 3 N–H and O–H groups in total. The van der Waals surface area contributed by atoms with Gasteiger partial charge in [0.2, 0.25) is 5.91 Å². The number of allylic oxidation sites excluding steroid dienone is 3. The van der Waals surface area contributed by atoms with E-state index in [9.17, 15) is 22.9 Å². The monoisotopic (exact) mass is 754 g/mol. The number of hydrogen-bond donors (Lipinski definition) is 3. The van der Waals surface area contributed by atoms with Crippen LogP contribution in [0.4, 0.5) is 0 Å². The van der Waals surface area contributed by atoms with Gasteiger partial charge in [0.1, 0.15) is 0 Å². The molecule has 0 aromatic rings. The summed E-state index contributed by atoms with van der Waals surface area (Å²) >= 11 is 0. The smallest absolute Gasteiger partial charge is 0.267 e. The van der Waals surface area contributed by atoms with E-state index in [1.807, 2.05) is 6.08 Å². The molecule has 6 nitrogen and oxygen atoms in total. The van der Waals surface area contributed by atoms with Crippen LogP contribution in [0.2, 0.25) is 0 Å². The Bertz CT molecular complexity index is 919. The van der Waals surface area contributed by atoms with Crippen LogP contribution in [0.5, 0.6) is 0 Å². The Balaban J connectivity index is 3.86. The summed E-state index contributed by atoms with van der Waals surface area (Å²) in [7, 11) is -4.35. The fourth-order valence-electron chi connectivity index (χ4n) is 6.97. The second-order valence-corrected chi connectivity index (χ2v) is 17.2. The van der Waals surface area contributed by atoms with Gasteiger partial charge in [-0.25, -0.2) is 0 Å². The van der Waals surface area contributed by atoms with Crippen LogP contribution in [-0.2, 0) is 14.9 Å². The lowest BCUT2D eigenvalue weighted by Crippen LogP contribution is -2.46. The molecule has 7 heteroatoms. The van der Waals surface area contributed by atoms with Gasteiger partial charge in [0.05, 0.1) is 17.9 Å². The van der Waals surface area contributed by atoms with E-state index in [1.165, 1.54) is 161 Å². The summed E-state index contributed by atoms with van der Waals surface area (Å²) in [4.78, 5) is 12.5. The van der Waals surface area contributed by atoms with Gasteiger partial charge in [-0.3, -0.25) is 9.35 Å². The molecule has 0 aromatic heterocycles. The van der Waals surface area contributed by atoms with Gasteiger partial charge in [-0.1, -0.05) is 212 Å². The number of amides is 1. The summed E-state index contributed by atoms with van der Waals surface area (Å²) in [5, 5.41) is 13.3. The number of unbranched alkanes of at least 4 members (excludes halogenated alkanes) is 31. The van der Waals surface area contributed by atoms with Crippen molar-refractivity contribution in [2.45, 2.75) is 251 Å². The highest BCUT2D eigenvalue weighted by Gasteiger charge is 2.24. The normalized spacial score (nSPS) is 13.4. The minimum absolute atomic E-state index is 0.284. The molecule has 0 saturated heterocycles. The summed E-state index contributed by atoms with van der Waals surface area (Å²) in [5.74, 6) is -0.983. The zero-order valence-corrected chi connectivity index (χ0v) is 35.3. The van der Waals surface area contributed by atoms with Gasteiger partial charge in [-0.2, -0.15) is 8.42 Å². The van der Waals surface area contributed by atoms with Crippen molar-refractivity contribution in [2.75, 3.05) is 5.75 Å². The molecule has 0 aliphatic heterocycles. The first-order valence-corrected chi connectivity index (χ1v) is 24.1. The first-order valence-electron chi connectivity index (χ1n) is 22.5. The number of rotatable bonds is 41. The first-order chi connectivity index (χ1) is 25.3. The van der Waals surface area contributed by atoms with E-state index in [0.29, 0.717) is 0 Å². The van der Waals surface area contributed by atoms with Crippen LogP contribution >= 0.6 is 0 Å². The van der Waals surface area contributed by atoms with Gasteiger partial charge in [0, 0.05) is 6.42 Å². The molecular formula is C45H87NO5S. The fraction of sp³-hybridized carbons (Fsp3) is 0.889. The average Bonchev–Trinajstić information content (AvgIpc) is 3.11. The van der Waals surface area contributed by atoms with Crippen molar-refractivity contribution in [3.8, 4) is 0 Å². The highest BCUT2D eigenvalue weighted by Crippen LogP contribution is 2.16. The summed E-state index contributed by atoms with van der Waals surface area (Å²) in [6, 6.07) is -1.06. The van der Waals surface area contributed by atoms with E-state index < -0.39 is 28.0 Å². The molecule has 308 valence electrons. The molecular weight excluding hydrogens is 667 g/mol. The van der Waals surface area contributed by atoms with Crippen LogP contribution in [0.25, 0.3) is 0 Å².